The van der Waals surface area contributed by atoms with Crippen molar-refractivity contribution in [3.8, 4) is 0 Å². The Morgan fingerprint density at radius 3 is 2.85 bits per heavy atom. The second kappa shape index (κ2) is 7.97. The Morgan fingerprint density at radius 1 is 1.27 bits per heavy atom. The fourth-order valence-corrected chi connectivity index (χ4v) is 2.43. The van der Waals surface area contributed by atoms with E-state index in [0.717, 1.165) is 5.52 Å². The van der Waals surface area contributed by atoms with Crippen molar-refractivity contribution in [2.45, 2.75) is 25.9 Å². The Hall–Kier alpha value is -2.93. The highest BCUT2D eigenvalue weighted by molar-refractivity contribution is 6.32. The summed E-state index contributed by atoms with van der Waals surface area (Å²) in [6.45, 7) is 1.48. The molecular weight excluding hydrogens is 358 g/mol. The Labute approximate surface area is 154 Å². The number of para-hydroxylation sites is 2. The number of aromatic nitrogens is 2. The number of hydrogen-bond donors (Lipinski definition) is 1. The molecule has 0 fully saturated rings. The molecule has 2 aromatic heterocycles. The fourth-order valence-electron chi connectivity index (χ4n) is 2.26. The van der Waals surface area contributed by atoms with Gasteiger partial charge in [0.2, 0.25) is 0 Å². The Balaban J connectivity index is 1.50. The summed E-state index contributed by atoms with van der Waals surface area (Å²) in [6.07, 6.45) is 0.879. The van der Waals surface area contributed by atoms with Gasteiger partial charge in [0.15, 0.2) is 22.7 Å². The molecule has 3 aromatic rings. The smallest absolute Gasteiger partial charge is 0.307 e. The number of fused-ring (bicyclic) bond motifs is 1. The summed E-state index contributed by atoms with van der Waals surface area (Å²) < 4.78 is 10.7. The van der Waals surface area contributed by atoms with E-state index >= 15 is 0 Å². The zero-order valence-electron chi connectivity index (χ0n) is 13.9. The van der Waals surface area contributed by atoms with E-state index in [1.807, 2.05) is 18.2 Å². The average Bonchev–Trinajstić information content (AvgIpc) is 3.05. The number of halogens is 1. The van der Waals surface area contributed by atoms with Crippen LogP contribution in [0.25, 0.3) is 11.1 Å². The van der Waals surface area contributed by atoms with Gasteiger partial charge in [0.25, 0.3) is 5.91 Å². The second-order valence-electron chi connectivity index (χ2n) is 5.54. The number of carbonyl (C=O) groups excluding carboxylic acids is 2. The SMILES string of the molecule is C[C@@H](OC(=O)CCc1nc2ccccc2o1)C(=O)Nc1cccnc1Cl. The van der Waals surface area contributed by atoms with Crippen molar-refractivity contribution in [3.63, 3.8) is 0 Å². The summed E-state index contributed by atoms with van der Waals surface area (Å²) >= 11 is 5.88. The normalized spacial score (nSPS) is 11.9. The van der Waals surface area contributed by atoms with E-state index in [1.165, 1.54) is 13.1 Å². The van der Waals surface area contributed by atoms with Crippen LogP contribution in [0.2, 0.25) is 5.15 Å². The second-order valence-corrected chi connectivity index (χ2v) is 5.90. The number of rotatable bonds is 6. The van der Waals surface area contributed by atoms with Gasteiger partial charge in [-0.1, -0.05) is 23.7 Å². The van der Waals surface area contributed by atoms with Gasteiger partial charge in [-0.3, -0.25) is 9.59 Å². The minimum Gasteiger partial charge on any atom is -0.453 e. The van der Waals surface area contributed by atoms with Crippen LogP contribution in [0.5, 0.6) is 0 Å². The number of nitrogens with one attached hydrogen (secondary N) is 1. The van der Waals surface area contributed by atoms with Crippen LogP contribution in [0.1, 0.15) is 19.2 Å². The van der Waals surface area contributed by atoms with Crippen molar-refractivity contribution in [1.82, 2.24) is 9.97 Å². The molecule has 0 aliphatic heterocycles. The number of anilines is 1. The molecule has 0 saturated heterocycles. The molecule has 0 radical (unpaired) electrons. The van der Waals surface area contributed by atoms with Crippen LogP contribution < -0.4 is 5.32 Å². The summed E-state index contributed by atoms with van der Waals surface area (Å²) in [6, 6.07) is 10.6. The number of hydrogen-bond acceptors (Lipinski definition) is 6. The number of oxazole rings is 1. The summed E-state index contributed by atoms with van der Waals surface area (Å²) in [5.41, 5.74) is 1.75. The molecule has 1 N–H and O–H groups in total. The molecular formula is C18H16ClN3O4. The quantitative estimate of drug-likeness (QED) is 0.525. The van der Waals surface area contributed by atoms with Crippen LogP contribution in [-0.2, 0) is 20.7 Å². The zero-order chi connectivity index (χ0) is 18.5. The highest BCUT2D eigenvalue weighted by Crippen LogP contribution is 2.18. The maximum Gasteiger partial charge on any atom is 0.307 e. The Kier molecular flexibility index (Phi) is 5.48. The van der Waals surface area contributed by atoms with Crippen LogP contribution >= 0.6 is 11.6 Å². The third-order valence-corrected chi connectivity index (χ3v) is 3.88. The van der Waals surface area contributed by atoms with Gasteiger partial charge in [-0.25, -0.2) is 9.97 Å². The Morgan fingerprint density at radius 2 is 2.08 bits per heavy atom. The minimum atomic E-state index is -0.970. The lowest BCUT2D eigenvalue weighted by Crippen LogP contribution is -2.30. The van der Waals surface area contributed by atoms with E-state index < -0.39 is 18.0 Å². The number of nitrogens with zero attached hydrogens (tertiary/aromatic N) is 2. The molecule has 0 unspecified atom stereocenters. The fraction of sp³-hybridized carbons (Fsp3) is 0.222. The molecule has 1 atom stereocenters. The van der Waals surface area contributed by atoms with E-state index in [-0.39, 0.29) is 18.0 Å². The molecule has 0 saturated carbocycles. The molecule has 1 aromatic carbocycles. The third-order valence-electron chi connectivity index (χ3n) is 3.58. The van der Waals surface area contributed by atoms with Crippen LogP contribution in [0.15, 0.2) is 47.0 Å². The van der Waals surface area contributed by atoms with E-state index in [9.17, 15) is 9.59 Å². The molecule has 134 valence electrons. The van der Waals surface area contributed by atoms with Crippen molar-refractivity contribution in [1.29, 1.82) is 0 Å². The summed E-state index contributed by atoms with van der Waals surface area (Å²) in [5.74, 6) is -0.565. The van der Waals surface area contributed by atoms with E-state index in [1.54, 1.807) is 18.2 Å². The predicted molar refractivity (Wildman–Crippen MR) is 95.8 cm³/mol. The van der Waals surface area contributed by atoms with Crippen molar-refractivity contribution in [2.75, 3.05) is 5.32 Å². The molecule has 0 spiro atoms. The molecule has 3 rings (SSSR count). The van der Waals surface area contributed by atoms with Crippen molar-refractivity contribution >= 4 is 40.3 Å². The third kappa shape index (κ3) is 4.37. The van der Waals surface area contributed by atoms with Crippen LogP contribution in [0.4, 0.5) is 5.69 Å². The number of ether oxygens (including phenoxy) is 1. The number of aryl methyl sites for hydroxylation is 1. The highest BCUT2D eigenvalue weighted by atomic mass is 35.5. The molecule has 0 aliphatic carbocycles. The van der Waals surface area contributed by atoms with Crippen LogP contribution in [0, 0.1) is 0 Å². The van der Waals surface area contributed by atoms with Gasteiger partial charge in [0.05, 0.1) is 12.1 Å². The monoisotopic (exact) mass is 373 g/mol. The summed E-state index contributed by atoms with van der Waals surface area (Å²) in [5, 5.41) is 2.73. The number of amides is 1. The van der Waals surface area contributed by atoms with E-state index in [0.29, 0.717) is 17.2 Å². The molecule has 26 heavy (non-hydrogen) atoms. The highest BCUT2D eigenvalue weighted by Gasteiger charge is 2.19. The van der Waals surface area contributed by atoms with Gasteiger partial charge in [0.1, 0.15) is 5.52 Å². The lowest BCUT2D eigenvalue weighted by Gasteiger charge is -2.13. The van der Waals surface area contributed by atoms with Gasteiger partial charge in [-0.05, 0) is 31.2 Å². The predicted octanol–water partition coefficient (Wildman–Crippen LogP) is 3.38. The van der Waals surface area contributed by atoms with Crippen molar-refractivity contribution < 1.29 is 18.7 Å². The van der Waals surface area contributed by atoms with Gasteiger partial charge in [-0.15, -0.1) is 0 Å². The molecule has 0 aliphatic rings. The minimum absolute atomic E-state index is 0.0537. The molecule has 0 bridgehead atoms. The number of carbonyl (C=O) groups is 2. The number of pyridine rings is 1. The average molecular weight is 374 g/mol. The first-order chi connectivity index (χ1) is 12.5. The molecule has 1 amide bonds. The van der Waals surface area contributed by atoms with Crippen molar-refractivity contribution in [3.05, 3.63) is 53.6 Å². The first-order valence-corrected chi connectivity index (χ1v) is 8.36. The van der Waals surface area contributed by atoms with Crippen LogP contribution in [0.3, 0.4) is 0 Å². The molecule has 7 nitrogen and oxygen atoms in total. The maximum absolute atomic E-state index is 12.1. The summed E-state index contributed by atoms with van der Waals surface area (Å²) in [7, 11) is 0. The van der Waals surface area contributed by atoms with Gasteiger partial charge < -0.3 is 14.5 Å². The topological polar surface area (TPSA) is 94.3 Å². The standard InChI is InChI=1S/C18H16ClN3O4/c1-11(18(24)22-13-6-4-10-20-17(13)19)25-16(23)9-8-15-21-12-5-2-3-7-14(12)26-15/h2-7,10-11H,8-9H2,1H3,(H,22,24)/t11-/m1/s1. The van der Waals surface area contributed by atoms with Crippen LogP contribution in [-0.4, -0.2) is 27.9 Å². The summed E-state index contributed by atoms with van der Waals surface area (Å²) in [4.78, 5) is 32.2. The lowest BCUT2D eigenvalue weighted by atomic mass is 10.3. The van der Waals surface area contributed by atoms with E-state index in [2.05, 4.69) is 15.3 Å². The Bertz CT molecular complexity index is 908. The van der Waals surface area contributed by atoms with Crippen molar-refractivity contribution in [2.24, 2.45) is 0 Å². The van der Waals surface area contributed by atoms with Gasteiger partial charge in [0, 0.05) is 12.6 Å². The van der Waals surface area contributed by atoms with Gasteiger partial charge >= 0.3 is 5.97 Å². The first kappa shape index (κ1) is 17.9. The largest absolute Gasteiger partial charge is 0.453 e. The van der Waals surface area contributed by atoms with E-state index in [4.69, 9.17) is 20.8 Å². The zero-order valence-corrected chi connectivity index (χ0v) is 14.7. The lowest BCUT2D eigenvalue weighted by molar-refractivity contribution is -0.153. The molecule has 8 heteroatoms. The maximum atomic E-state index is 12.1. The van der Waals surface area contributed by atoms with Gasteiger partial charge in [-0.2, -0.15) is 0 Å². The molecule has 2 heterocycles. The number of benzene rings is 1. The number of esters is 1. The first-order valence-electron chi connectivity index (χ1n) is 7.98.